The van der Waals surface area contributed by atoms with Crippen LogP contribution in [0.3, 0.4) is 0 Å². The fourth-order valence-corrected chi connectivity index (χ4v) is 1.48. The molecule has 98 valence electrons. The standard InChI is InChI=1S/C9H8ClF3N4O/c10-6-4-7(17-8(16-6)14-5-15-17)18-3-1-2-9(11,12)13/h4-5H,1-3H2. The molecule has 0 aliphatic rings. The van der Waals surface area contributed by atoms with Crippen LogP contribution in [0.1, 0.15) is 12.8 Å². The lowest BCUT2D eigenvalue weighted by Crippen LogP contribution is -2.11. The van der Waals surface area contributed by atoms with Crippen LogP contribution in [-0.4, -0.2) is 32.4 Å². The highest BCUT2D eigenvalue weighted by Crippen LogP contribution is 2.22. The van der Waals surface area contributed by atoms with Gasteiger partial charge in [-0.2, -0.15) is 32.8 Å². The van der Waals surface area contributed by atoms with Crippen molar-refractivity contribution in [3.8, 4) is 5.88 Å². The average Bonchev–Trinajstić information content (AvgIpc) is 2.70. The van der Waals surface area contributed by atoms with Crippen LogP contribution in [0.4, 0.5) is 13.2 Å². The minimum Gasteiger partial charge on any atom is -0.477 e. The van der Waals surface area contributed by atoms with Crippen LogP contribution in [0.15, 0.2) is 12.4 Å². The highest BCUT2D eigenvalue weighted by Gasteiger charge is 2.26. The third-order valence-electron chi connectivity index (χ3n) is 2.04. The van der Waals surface area contributed by atoms with Crippen LogP contribution < -0.4 is 4.74 Å². The minimum absolute atomic E-state index is 0.0885. The Morgan fingerprint density at radius 2 is 2.17 bits per heavy atom. The molecule has 0 amide bonds. The van der Waals surface area contributed by atoms with Gasteiger partial charge >= 0.3 is 6.18 Å². The predicted octanol–water partition coefficient (Wildman–Crippen LogP) is 2.50. The van der Waals surface area contributed by atoms with Crippen molar-refractivity contribution < 1.29 is 17.9 Å². The summed E-state index contributed by atoms with van der Waals surface area (Å²) in [4.78, 5) is 7.66. The second kappa shape index (κ2) is 4.97. The highest BCUT2D eigenvalue weighted by molar-refractivity contribution is 6.29. The third kappa shape index (κ3) is 3.22. The maximum absolute atomic E-state index is 11.9. The van der Waals surface area contributed by atoms with E-state index in [1.165, 1.54) is 16.9 Å². The molecular formula is C9H8ClF3N4O. The molecule has 0 fully saturated rings. The molecule has 0 saturated heterocycles. The lowest BCUT2D eigenvalue weighted by atomic mass is 10.3. The summed E-state index contributed by atoms with van der Waals surface area (Å²) in [5, 5.41) is 3.96. The number of alkyl halides is 3. The molecule has 0 saturated carbocycles. The van der Waals surface area contributed by atoms with Gasteiger partial charge in [-0.25, -0.2) is 0 Å². The lowest BCUT2D eigenvalue weighted by molar-refractivity contribution is -0.136. The van der Waals surface area contributed by atoms with Crippen LogP contribution in [0.25, 0.3) is 5.78 Å². The zero-order valence-corrected chi connectivity index (χ0v) is 9.74. The Labute approximate surface area is 105 Å². The van der Waals surface area contributed by atoms with Crippen LogP contribution in [-0.2, 0) is 0 Å². The van der Waals surface area contributed by atoms with Gasteiger partial charge in [0.05, 0.1) is 6.61 Å². The van der Waals surface area contributed by atoms with Crippen molar-refractivity contribution in [3.63, 3.8) is 0 Å². The highest BCUT2D eigenvalue weighted by atomic mass is 35.5. The predicted molar refractivity (Wildman–Crippen MR) is 56.6 cm³/mol. The Kier molecular flexibility index (Phi) is 3.55. The van der Waals surface area contributed by atoms with E-state index in [9.17, 15) is 13.2 Å². The van der Waals surface area contributed by atoms with Gasteiger partial charge in [-0.05, 0) is 6.42 Å². The Balaban J connectivity index is 2.01. The molecule has 0 unspecified atom stereocenters. The van der Waals surface area contributed by atoms with Gasteiger partial charge in [0.1, 0.15) is 11.5 Å². The number of ether oxygens (including phenoxy) is 1. The Morgan fingerprint density at radius 1 is 1.39 bits per heavy atom. The molecule has 0 aromatic carbocycles. The largest absolute Gasteiger partial charge is 0.477 e. The summed E-state index contributed by atoms with van der Waals surface area (Å²) in [6, 6.07) is 1.37. The molecule has 2 heterocycles. The summed E-state index contributed by atoms with van der Waals surface area (Å²) in [7, 11) is 0. The monoisotopic (exact) mass is 280 g/mol. The first kappa shape index (κ1) is 12.9. The van der Waals surface area contributed by atoms with E-state index in [0.29, 0.717) is 0 Å². The Hall–Kier alpha value is -1.57. The molecule has 2 rings (SSSR count). The molecule has 0 radical (unpaired) electrons. The quantitative estimate of drug-likeness (QED) is 0.638. The van der Waals surface area contributed by atoms with Gasteiger partial charge < -0.3 is 4.74 Å². The SMILES string of the molecule is FC(F)(F)CCCOc1cc(Cl)nc2ncnn12. The molecule has 18 heavy (non-hydrogen) atoms. The number of rotatable bonds is 4. The van der Waals surface area contributed by atoms with Crippen LogP contribution in [0, 0.1) is 0 Å². The fourth-order valence-electron chi connectivity index (χ4n) is 1.31. The molecule has 0 aliphatic heterocycles. The van der Waals surface area contributed by atoms with E-state index in [4.69, 9.17) is 16.3 Å². The van der Waals surface area contributed by atoms with Crippen LogP contribution >= 0.6 is 11.6 Å². The fraction of sp³-hybridized carbons (Fsp3) is 0.444. The van der Waals surface area contributed by atoms with E-state index in [-0.39, 0.29) is 29.8 Å². The van der Waals surface area contributed by atoms with Crippen molar-refractivity contribution in [2.75, 3.05) is 6.61 Å². The Bertz CT molecular complexity index is 542. The van der Waals surface area contributed by atoms with Crippen molar-refractivity contribution in [1.29, 1.82) is 0 Å². The van der Waals surface area contributed by atoms with Gasteiger partial charge in [0.25, 0.3) is 5.78 Å². The van der Waals surface area contributed by atoms with E-state index in [0.717, 1.165) is 0 Å². The van der Waals surface area contributed by atoms with Crippen LogP contribution in [0.2, 0.25) is 5.15 Å². The molecule has 2 aromatic heterocycles. The molecule has 0 spiro atoms. The van der Waals surface area contributed by atoms with Gasteiger partial charge in [-0.15, -0.1) is 0 Å². The topological polar surface area (TPSA) is 52.3 Å². The van der Waals surface area contributed by atoms with E-state index in [2.05, 4.69) is 15.1 Å². The molecule has 0 N–H and O–H groups in total. The zero-order chi connectivity index (χ0) is 13.2. The lowest BCUT2D eigenvalue weighted by Gasteiger charge is -2.08. The Morgan fingerprint density at radius 3 is 2.89 bits per heavy atom. The zero-order valence-electron chi connectivity index (χ0n) is 8.98. The van der Waals surface area contributed by atoms with Crippen molar-refractivity contribution >= 4 is 17.4 Å². The molecule has 5 nitrogen and oxygen atoms in total. The first-order chi connectivity index (χ1) is 8.46. The van der Waals surface area contributed by atoms with Gasteiger partial charge in [0.15, 0.2) is 0 Å². The summed E-state index contributed by atoms with van der Waals surface area (Å²) in [5.74, 6) is 0.443. The number of fused-ring (bicyclic) bond motifs is 1. The number of halogens is 4. The second-order valence-electron chi connectivity index (χ2n) is 3.46. The molecule has 0 atom stereocenters. The number of hydrogen-bond donors (Lipinski definition) is 0. The first-order valence-electron chi connectivity index (χ1n) is 5.01. The molecule has 0 bridgehead atoms. The maximum atomic E-state index is 11.9. The van der Waals surface area contributed by atoms with E-state index in [1.54, 1.807) is 0 Å². The van der Waals surface area contributed by atoms with Gasteiger partial charge in [-0.3, -0.25) is 0 Å². The molecular weight excluding hydrogens is 273 g/mol. The maximum Gasteiger partial charge on any atom is 0.389 e. The van der Waals surface area contributed by atoms with E-state index >= 15 is 0 Å². The van der Waals surface area contributed by atoms with Crippen molar-refractivity contribution in [2.24, 2.45) is 0 Å². The average molecular weight is 281 g/mol. The van der Waals surface area contributed by atoms with Gasteiger partial charge in [0.2, 0.25) is 5.88 Å². The molecule has 9 heteroatoms. The van der Waals surface area contributed by atoms with Crippen molar-refractivity contribution in [1.82, 2.24) is 19.6 Å². The van der Waals surface area contributed by atoms with E-state index < -0.39 is 12.6 Å². The number of aromatic nitrogens is 4. The third-order valence-corrected chi connectivity index (χ3v) is 2.24. The van der Waals surface area contributed by atoms with E-state index in [1.807, 2.05) is 0 Å². The summed E-state index contributed by atoms with van der Waals surface area (Å²) >= 11 is 5.71. The van der Waals surface area contributed by atoms with Gasteiger partial charge in [-0.1, -0.05) is 11.6 Å². The molecule has 2 aromatic rings. The first-order valence-corrected chi connectivity index (χ1v) is 5.39. The smallest absolute Gasteiger partial charge is 0.389 e. The molecule has 0 aliphatic carbocycles. The second-order valence-corrected chi connectivity index (χ2v) is 3.84. The minimum atomic E-state index is -4.18. The van der Waals surface area contributed by atoms with Gasteiger partial charge in [0, 0.05) is 12.5 Å². The normalized spacial score (nSPS) is 12.0. The number of nitrogens with zero attached hydrogens (tertiary/aromatic N) is 4. The van der Waals surface area contributed by atoms with Crippen LogP contribution in [0.5, 0.6) is 5.88 Å². The number of hydrogen-bond acceptors (Lipinski definition) is 4. The summed E-state index contributed by atoms with van der Waals surface area (Å²) in [6.45, 7) is -0.0885. The van der Waals surface area contributed by atoms with Crippen molar-refractivity contribution in [3.05, 3.63) is 17.5 Å². The summed E-state index contributed by atoms with van der Waals surface area (Å²) in [5.41, 5.74) is 0. The summed E-state index contributed by atoms with van der Waals surface area (Å²) in [6.07, 6.45) is -3.96. The summed E-state index contributed by atoms with van der Waals surface area (Å²) < 4.78 is 42.3. The van der Waals surface area contributed by atoms with Crippen molar-refractivity contribution in [2.45, 2.75) is 19.0 Å².